The third-order valence-electron chi connectivity index (χ3n) is 3.90. The Morgan fingerprint density at radius 2 is 1.62 bits per heavy atom. The van der Waals surface area contributed by atoms with Crippen molar-refractivity contribution in [1.82, 2.24) is 0 Å². The number of methoxy groups -OCH3 is 1. The second kappa shape index (κ2) is 8.87. The van der Waals surface area contributed by atoms with Gasteiger partial charge in [0.15, 0.2) is 0 Å². The summed E-state index contributed by atoms with van der Waals surface area (Å²) in [6, 6.07) is 21.5. The average molecular weight is 350 g/mol. The summed E-state index contributed by atoms with van der Waals surface area (Å²) in [5.74, 6) is 0.639. The van der Waals surface area contributed by atoms with Crippen LogP contribution in [0.5, 0.6) is 5.75 Å². The molecule has 0 atom stereocenters. The number of anilines is 2. The summed E-state index contributed by atoms with van der Waals surface area (Å²) in [5.41, 5.74) is 1.65. The molecule has 0 saturated heterocycles. The lowest BCUT2D eigenvalue weighted by molar-refractivity contribution is -0.114. The van der Waals surface area contributed by atoms with Crippen molar-refractivity contribution in [2.24, 2.45) is 0 Å². The zero-order chi connectivity index (χ0) is 18.2. The Morgan fingerprint density at radius 3 is 2.38 bits per heavy atom. The Kier molecular flexibility index (Phi) is 6.06. The molecular formula is C21H22N2O3. The monoisotopic (exact) mass is 350 g/mol. The van der Waals surface area contributed by atoms with Crippen molar-refractivity contribution in [3.8, 4) is 5.75 Å². The Bertz CT molecular complexity index is 863. The van der Waals surface area contributed by atoms with Crippen LogP contribution in [0.3, 0.4) is 0 Å². The van der Waals surface area contributed by atoms with E-state index in [4.69, 9.17) is 9.47 Å². The molecule has 0 fully saturated rings. The quantitative estimate of drug-likeness (QED) is 0.605. The van der Waals surface area contributed by atoms with Crippen molar-refractivity contribution >= 4 is 28.1 Å². The first kappa shape index (κ1) is 17.8. The predicted molar refractivity (Wildman–Crippen MR) is 105 cm³/mol. The first-order valence-electron chi connectivity index (χ1n) is 8.49. The molecule has 3 aromatic rings. The highest BCUT2D eigenvalue weighted by atomic mass is 16.5. The summed E-state index contributed by atoms with van der Waals surface area (Å²) in [7, 11) is 1.63. The molecule has 0 saturated carbocycles. The third-order valence-corrected chi connectivity index (χ3v) is 3.90. The van der Waals surface area contributed by atoms with E-state index in [2.05, 4.69) is 22.8 Å². The number of hydrogen-bond acceptors (Lipinski definition) is 4. The van der Waals surface area contributed by atoms with Crippen LogP contribution in [0.2, 0.25) is 0 Å². The largest absolute Gasteiger partial charge is 0.491 e. The number of carbonyl (C=O) groups is 1. The van der Waals surface area contributed by atoms with E-state index < -0.39 is 0 Å². The van der Waals surface area contributed by atoms with Gasteiger partial charge in [-0.25, -0.2) is 0 Å². The Hall–Kier alpha value is -3.05. The van der Waals surface area contributed by atoms with Crippen LogP contribution in [-0.4, -0.2) is 32.8 Å². The van der Waals surface area contributed by atoms with Crippen LogP contribution in [-0.2, 0) is 9.53 Å². The molecule has 0 unspecified atom stereocenters. The number of rotatable bonds is 8. The highest BCUT2D eigenvalue weighted by Crippen LogP contribution is 2.19. The van der Waals surface area contributed by atoms with E-state index in [9.17, 15) is 4.79 Å². The van der Waals surface area contributed by atoms with Gasteiger partial charge < -0.3 is 20.1 Å². The average Bonchev–Trinajstić information content (AvgIpc) is 2.68. The van der Waals surface area contributed by atoms with Gasteiger partial charge in [-0.3, -0.25) is 4.79 Å². The van der Waals surface area contributed by atoms with Gasteiger partial charge in [-0.15, -0.1) is 0 Å². The molecule has 2 N–H and O–H groups in total. The van der Waals surface area contributed by atoms with Crippen molar-refractivity contribution in [2.75, 3.05) is 37.5 Å². The molecule has 5 heteroatoms. The topological polar surface area (TPSA) is 59.6 Å². The predicted octanol–water partition coefficient (Wildman–Crippen LogP) is 3.92. The van der Waals surface area contributed by atoms with Crippen LogP contribution >= 0.6 is 0 Å². The van der Waals surface area contributed by atoms with Crippen molar-refractivity contribution in [2.45, 2.75) is 0 Å². The molecule has 0 spiro atoms. The SMILES string of the molecule is COCCOc1ccc(NC(=O)CNc2ccc3ccccc3c2)cc1. The number of benzene rings is 3. The molecule has 0 aliphatic heterocycles. The van der Waals surface area contributed by atoms with Gasteiger partial charge in [0, 0.05) is 18.5 Å². The highest BCUT2D eigenvalue weighted by Gasteiger charge is 2.03. The lowest BCUT2D eigenvalue weighted by Crippen LogP contribution is -2.21. The lowest BCUT2D eigenvalue weighted by Gasteiger charge is -2.10. The maximum Gasteiger partial charge on any atom is 0.243 e. The Balaban J connectivity index is 1.50. The number of hydrogen-bond donors (Lipinski definition) is 2. The second-order valence-electron chi connectivity index (χ2n) is 5.83. The van der Waals surface area contributed by atoms with E-state index in [-0.39, 0.29) is 12.5 Å². The zero-order valence-corrected chi connectivity index (χ0v) is 14.7. The minimum Gasteiger partial charge on any atom is -0.491 e. The Labute approximate surface area is 152 Å². The molecule has 0 heterocycles. The fourth-order valence-corrected chi connectivity index (χ4v) is 2.56. The van der Waals surface area contributed by atoms with Gasteiger partial charge in [0.2, 0.25) is 5.91 Å². The molecule has 0 radical (unpaired) electrons. The molecule has 0 aromatic heterocycles. The molecule has 26 heavy (non-hydrogen) atoms. The molecular weight excluding hydrogens is 328 g/mol. The highest BCUT2D eigenvalue weighted by molar-refractivity contribution is 5.94. The van der Waals surface area contributed by atoms with Gasteiger partial charge in [0.1, 0.15) is 12.4 Å². The minimum absolute atomic E-state index is 0.105. The number of ether oxygens (including phenoxy) is 2. The maximum absolute atomic E-state index is 12.1. The van der Waals surface area contributed by atoms with E-state index in [1.165, 1.54) is 5.39 Å². The number of carbonyl (C=O) groups excluding carboxylic acids is 1. The van der Waals surface area contributed by atoms with Crippen molar-refractivity contribution in [3.63, 3.8) is 0 Å². The summed E-state index contributed by atoms with van der Waals surface area (Å²) in [6.07, 6.45) is 0. The summed E-state index contributed by atoms with van der Waals surface area (Å²) in [4.78, 5) is 12.1. The van der Waals surface area contributed by atoms with Crippen LogP contribution in [0.15, 0.2) is 66.7 Å². The molecule has 5 nitrogen and oxygen atoms in total. The van der Waals surface area contributed by atoms with Crippen molar-refractivity contribution in [1.29, 1.82) is 0 Å². The first-order valence-corrected chi connectivity index (χ1v) is 8.49. The molecule has 1 amide bonds. The molecule has 3 aromatic carbocycles. The molecule has 3 rings (SSSR count). The fourth-order valence-electron chi connectivity index (χ4n) is 2.56. The molecule has 0 aliphatic rings. The first-order chi connectivity index (χ1) is 12.7. The van der Waals surface area contributed by atoms with Crippen molar-refractivity contribution < 1.29 is 14.3 Å². The van der Waals surface area contributed by atoms with Gasteiger partial charge in [-0.2, -0.15) is 0 Å². The minimum atomic E-state index is -0.105. The summed E-state index contributed by atoms with van der Waals surface area (Å²) in [5, 5.41) is 8.33. The van der Waals surface area contributed by atoms with Crippen molar-refractivity contribution in [3.05, 3.63) is 66.7 Å². The van der Waals surface area contributed by atoms with E-state index in [1.54, 1.807) is 7.11 Å². The van der Waals surface area contributed by atoms with Gasteiger partial charge in [0.05, 0.1) is 13.2 Å². The standard InChI is InChI=1S/C21H22N2O3/c1-25-12-13-26-20-10-8-18(9-11-20)23-21(24)15-22-19-7-6-16-4-2-3-5-17(16)14-19/h2-11,14,22H,12-13,15H2,1H3,(H,23,24). The van der Waals surface area contributed by atoms with E-state index in [0.717, 1.165) is 22.5 Å². The van der Waals surface area contributed by atoms with E-state index >= 15 is 0 Å². The van der Waals surface area contributed by atoms with Crippen LogP contribution in [0.4, 0.5) is 11.4 Å². The second-order valence-corrected chi connectivity index (χ2v) is 5.83. The summed E-state index contributed by atoms with van der Waals surface area (Å²) < 4.78 is 10.4. The maximum atomic E-state index is 12.1. The van der Waals surface area contributed by atoms with Gasteiger partial charge in [-0.05, 0) is 47.2 Å². The number of amides is 1. The Morgan fingerprint density at radius 1 is 0.885 bits per heavy atom. The smallest absolute Gasteiger partial charge is 0.243 e. The lowest BCUT2D eigenvalue weighted by atomic mass is 10.1. The molecule has 0 aliphatic carbocycles. The van der Waals surface area contributed by atoms with Gasteiger partial charge in [0.25, 0.3) is 0 Å². The van der Waals surface area contributed by atoms with Crippen LogP contribution in [0.1, 0.15) is 0 Å². The van der Waals surface area contributed by atoms with E-state index in [1.807, 2.05) is 54.6 Å². The number of fused-ring (bicyclic) bond motifs is 1. The van der Waals surface area contributed by atoms with Gasteiger partial charge >= 0.3 is 0 Å². The summed E-state index contributed by atoms with van der Waals surface area (Å²) >= 11 is 0. The zero-order valence-electron chi connectivity index (χ0n) is 14.7. The number of nitrogens with one attached hydrogen (secondary N) is 2. The van der Waals surface area contributed by atoms with Gasteiger partial charge in [-0.1, -0.05) is 30.3 Å². The molecule has 0 bridgehead atoms. The van der Waals surface area contributed by atoms with Crippen LogP contribution < -0.4 is 15.4 Å². The van der Waals surface area contributed by atoms with E-state index in [0.29, 0.717) is 13.2 Å². The van der Waals surface area contributed by atoms with Crippen LogP contribution in [0.25, 0.3) is 10.8 Å². The molecule has 134 valence electrons. The normalized spacial score (nSPS) is 10.5. The summed E-state index contributed by atoms with van der Waals surface area (Å²) in [6.45, 7) is 1.24. The fraction of sp³-hybridized carbons (Fsp3) is 0.190. The third kappa shape index (κ3) is 4.97. The van der Waals surface area contributed by atoms with Crippen LogP contribution in [0, 0.1) is 0 Å².